The molecule has 2 unspecified atom stereocenters. The molecule has 14 heavy (non-hydrogen) atoms. The van der Waals surface area contributed by atoms with Gasteiger partial charge in [-0.25, -0.2) is 0 Å². The van der Waals surface area contributed by atoms with Gasteiger partial charge >= 0.3 is 0 Å². The van der Waals surface area contributed by atoms with Crippen molar-refractivity contribution < 1.29 is 5.11 Å². The van der Waals surface area contributed by atoms with Crippen LogP contribution in [0.4, 0.5) is 0 Å². The first-order valence-electron chi connectivity index (χ1n) is 4.77. The predicted molar refractivity (Wildman–Crippen MR) is 56.6 cm³/mol. The van der Waals surface area contributed by atoms with Crippen LogP contribution in [0.3, 0.4) is 0 Å². The molecule has 0 aliphatic heterocycles. The monoisotopic (exact) mass is 194 g/mol. The predicted octanol–water partition coefficient (Wildman–Crippen LogP) is 1.49. The summed E-state index contributed by atoms with van der Waals surface area (Å²) in [6.07, 6.45) is 1.10. The van der Waals surface area contributed by atoms with E-state index in [1.165, 1.54) is 0 Å². The molecule has 0 radical (unpaired) electrons. The van der Waals surface area contributed by atoms with Crippen LogP contribution >= 0.6 is 0 Å². The SMILES string of the molecule is CC(C)(C)C(O)C(N)c1ccccn1. The molecule has 3 nitrogen and oxygen atoms in total. The third kappa shape index (κ3) is 2.53. The lowest BCUT2D eigenvalue weighted by Gasteiger charge is -2.30. The Morgan fingerprint density at radius 2 is 2.00 bits per heavy atom. The van der Waals surface area contributed by atoms with Crippen molar-refractivity contribution in [2.24, 2.45) is 11.1 Å². The Balaban J connectivity index is 2.81. The highest BCUT2D eigenvalue weighted by Crippen LogP contribution is 2.27. The zero-order valence-corrected chi connectivity index (χ0v) is 8.94. The van der Waals surface area contributed by atoms with Crippen molar-refractivity contribution in [3.05, 3.63) is 30.1 Å². The van der Waals surface area contributed by atoms with Gasteiger partial charge in [-0.05, 0) is 17.5 Å². The highest BCUT2D eigenvalue weighted by molar-refractivity contribution is 5.10. The Kier molecular flexibility index (Phi) is 3.24. The first kappa shape index (κ1) is 11.1. The molecule has 2 atom stereocenters. The zero-order valence-electron chi connectivity index (χ0n) is 8.94. The molecule has 0 spiro atoms. The van der Waals surface area contributed by atoms with Crippen LogP contribution in [0.1, 0.15) is 32.5 Å². The molecule has 3 heteroatoms. The number of hydrogen-bond acceptors (Lipinski definition) is 3. The van der Waals surface area contributed by atoms with E-state index in [4.69, 9.17) is 5.73 Å². The van der Waals surface area contributed by atoms with E-state index in [1.807, 2.05) is 39.0 Å². The molecule has 0 aliphatic carbocycles. The van der Waals surface area contributed by atoms with Gasteiger partial charge in [-0.3, -0.25) is 4.98 Å². The summed E-state index contributed by atoms with van der Waals surface area (Å²) in [5.41, 5.74) is 6.42. The normalized spacial score (nSPS) is 16.4. The fraction of sp³-hybridized carbons (Fsp3) is 0.545. The minimum absolute atomic E-state index is 0.225. The summed E-state index contributed by atoms with van der Waals surface area (Å²) in [5, 5.41) is 9.94. The summed E-state index contributed by atoms with van der Waals surface area (Å²) in [6, 6.07) is 5.12. The number of aromatic nitrogens is 1. The van der Waals surface area contributed by atoms with Crippen molar-refractivity contribution in [3.63, 3.8) is 0 Å². The first-order valence-corrected chi connectivity index (χ1v) is 4.77. The summed E-state index contributed by atoms with van der Waals surface area (Å²) in [5.74, 6) is 0. The number of hydrogen-bond donors (Lipinski definition) is 2. The lowest BCUT2D eigenvalue weighted by atomic mass is 9.84. The molecule has 1 aromatic heterocycles. The van der Waals surface area contributed by atoms with E-state index in [1.54, 1.807) is 6.20 Å². The van der Waals surface area contributed by atoms with Crippen LogP contribution in [-0.4, -0.2) is 16.2 Å². The fourth-order valence-electron chi connectivity index (χ4n) is 1.27. The Bertz CT molecular complexity index is 279. The molecule has 0 fully saturated rings. The van der Waals surface area contributed by atoms with E-state index >= 15 is 0 Å². The molecule has 78 valence electrons. The molecular weight excluding hydrogens is 176 g/mol. The van der Waals surface area contributed by atoms with Gasteiger partial charge in [-0.1, -0.05) is 26.8 Å². The van der Waals surface area contributed by atoms with Crippen molar-refractivity contribution in [2.45, 2.75) is 32.9 Å². The van der Waals surface area contributed by atoms with Gasteiger partial charge in [0.25, 0.3) is 0 Å². The zero-order chi connectivity index (χ0) is 10.8. The maximum Gasteiger partial charge on any atom is 0.0796 e. The van der Waals surface area contributed by atoms with Crippen molar-refractivity contribution in [1.82, 2.24) is 4.98 Å². The van der Waals surface area contributed by atoms with Crippen LogP contribution in [0.2, 0.25) is 0 Å². The molecular formula is C11H18N2O. The maximum absolute atomic E-state index is 9.94. The van der Waals surface area contributed by atoms with Crippen molar-refractivity contribution in [3.8, 4) is 0 Å². The average molecular weight is 194 g/mol. The van der Waals surface area contributed by atoms with Gasteiger partial charge in [-0.2, -0.15) is 0 Å². The molecule has 0 aromatic carbocycles. The molecule has 0 aliphatic rings. The van der Waals surface area contributed by atoms with E-state index < -0.39 is 12.1 Å². The van der Waals surface area contributed by atoms with Crippen LogP contribution in [0.5, 0.6) is 0 Å². The van der Waals surface area contributed by atoms with Crippen LogP contribution in [0, 0.1) is 5.41 Å². The molecule has 1 heterocycles. The van der Waals surface area contributed by atoms with Gasteiger partial charge in [0.05, 0.1) is 17.8 Å². The van der Waals surface area contributed by atoms with Gasteiger partial charge in [0.15, 0.2) is 0 Å². The van der Waals surface area contributed by atoms with Gasteiger partial charge in [-0.15, -0.1) is 0 Å². The summed E-state index contributed by atoms with van der Waals surface area (Å²) in [7, 11) is 0. The van der Waals surface area contributed by atoms with Gasteiger partial charge in [0.1, 0.15) is 0 Å². The largest absolute Gasteiger partial charge is 0.391 e. The summed E-state index contributed by atoms with van der Waals surface area (Å²) < 4.78 is 0. The fourth-order valence-corrected chi connectivity index (χ4v) is 1.27. The number of nitrogens with two attached hydrogens (primary N) is 1. The van der Waals surface area contributed by atoms with Gasteiger partial charge in [0, 0.05) is 6.20 Å². The number of aliphatic hydroxyl groups excluding tert-OH is 1. The Hall–Kier alpha value is -0.930. The summed E-state index contributed by atoms with van der Waals surface area (Å²) >= 11 is 0. The van der Waals surface area contributed by atoms with Crippen molar-refractivity contribution >= 4 is 0 Å². The second-order valence-corrected chi connectivity index (χ2v) is 4.59. The molecule has 0 saturated heterocycles. The molecule has 0 amide bonds. The van der Waals surface area contributed by atoms with Crippen molar-refractivity contribution in [2.75, 3.05) is 0 Å². The third-order valence-electron chi connectivity index (χ3n) is 2.26. The van der Waals surface area contributed by atoms with Gasteiger partial charge < -0.3 is 10.8 Å². The minimum atomic E-state index is -0.586. The minimum Gasteiger partial charge on any atom is -0.391 e. The number of aliphatic hydroxyl groups is 1. The van der Waals surface area contributed by atoms with Crippen molar-refractivity contribution in [1.29, 1.82) is 0 Å². The van der Waals surface area contributed by atoms with E-state index in [0.29, 0.717) is 0 Å². The van der Waals surface area contributed by atoms with Gasteiger partial charge in [0.2, 0.25) is 0 Å². The quantitative estimate of drug-likeness (QED) is 0.750. The Morgan fingerprint density at radius 1 is 1.36 bits per heavy atom. The molecule has 1 aromatic rings. The average Bonchev–Trinajstić information content (AvgIpc) is 2.15. The number of pyridine rings is 1. The highest BCUT2D eigenvalue weighted by atomic mass is 16.3. The van der Waals surface area contributed by atoms with E-state index in [2.05, 4.69) is 4.98 Å². The maximum atomic E-state index is 9.94. The van der Waals surface area contributed by atoms with Crippen LogP contribution in [-0.2, 0) is 0 Å². The topological polar surface area (TPSA) is 59.1 Å². The van der Waals surface area contributed by atoms with E-state index in [0.717, 1.165) is 5.69 Å². The molecule has 1 rings (SSSR count). The second kappa shape index (κ2) is 4.07. The molecule has 0 saturated carbocycles. The smallest absolute Gasteiger partial charge is 0.0796 e. The first-order chi connectivity index (χ1) is 6.43. The van der Waals surface area contributed by atoms with Crippen LogP contribution in [0.15, 0.2) is 24.4 Å². The number of rotatable bonds is 2. The Labute approximate surface area is 85.0 Å². The molecule has 3 N–H and O–H groups in total. The summed E-state index contributed by atoms with van der Waals surface area (Å²) in [4.78, 5) is 4.13. The molecule has 0 bridgehead atoms. The lowest BCUT2D eigenvalue weighted by Crippen LogP contribution is -2.37. The lowest BCUT2D eigenvalue weighted by molar-refractivity contribution is 0.0390. The standard InChI is InChI=1S/C11H18N2O/c1-11(2,3)10(14)9(12)8-6-4-5-7-13-8/h4-7,9-10,14H,12H2,1-3H3. The third-order valence-corrected chi connectivity index (χ3v) is 2.26. The van der Waals surface area contributed by atoms with E-state index in [9.17, 15) is 5.11 Å². The van der Waals surface area contributed by atoms with Crippen LogP contribution in [0.25, 0.3) is 0 Å². The highest BCUT2D eigenvalue weighted by Gasteiger charge is 2.29. The summed E-state index contributed by atoms with van der Waals surface area (Å²) in [6.45, 7) is 5.88. The number of nitrogens with zero attached hydrogens (tertiary/aromatic N) is 1. The van der Waals surface area contributed by atoms with Crippen LogP contribution < -0.4 is 5.73 Å². The van der Waals surface area contributed by atoms with E-state index in [-0.39, 0.29) is 5.41 Å². The Morgan fingerprint density at radius 3 is 2.43 bits per heavy atom. The second-order valence-electron chi connectivity index (χ2n) is 4.59.